The summed E-state index contributed by atoms with van der Waals surface area (Å²) < 4.78 is 4.71. The highest BCUT2D eigenvalue weighted by Gasteiger charge is 2.10. The van der Waals surface area contributed by atoms with E-state index in [1.54, 1.807) is 42.5 Å². The molecule has 0 atom stereocenters. The van der Waals surface area contributed by atoms with Gasteiger partial charge in [-0.05, 0) is 42.5 Å². The Kier molecular flexibility index (Phi) is 6.08. The number of halogens is 1. The lowest BCUT2D eigenvalue weighted by Crippen LogP contribution is -2.19. The monoisotopic (exact) mass is 396 g/mol. The van der Waals surface area contributed by atoms with Gasteiger partial charge in [0.15, 0.2) is 0 Å². The molecule has 8 heteroatoms. The highest BCUT2D eigenvalue weighted by Crippen LogP contribution is 2.26. The number of nitrogens with one attached hydrogen (secondary N) is 3. The fourth-order valence-electron chi connectivity index (χ4n) is 2.36. The molecule has 2 amide bonds. The van der Waals surface area contributed by atoms with Gasteiger partial charge in [-0.2, -0.15) is 0 Å². The van der Waals surface area contributed by atoms with Gasteiger partial charge < -0.3 is 20.7 Å². The Balaban J connectivity index is 1.65. The first-order chi connectivity index (χ1) is 13.5. The van der Waals surface area contributed by atoms with Crippen molar-refractivity contribution >= 4 is 46.5 Å². The Morgan fingerprint density at radius 3 is 2.39 bits per heavy atom. The summed E-state index contributed by atoms with van der Waals surface area (Å²) in [5.41, 5.74) is 2.09. The summed E-state index contributed by atoms with van der Waals surface area (Å²) >= 11 is 6.16. The molecule has 28 heavy (non-hydrogen) atoms. The van der Waals surface area contributed by atoms with Gasteiger partial charge in [-0.3, -0.25) is 0 Å². The standard InChI is InChI=1S/C20H17ClN4O3/c1-28-19(26)13-7-9-16(21)17(11-13)25-18-10-8-15(12-22-18)24-20(27)23-14-5-3-2-4-6-14/h2-12H,1H3,(H,22,25)(H2,23,24,27). The van der Waals surface area contributed by atoms with Crippen LogP contribution >= 0.6 is 11.6 Å². The molecule has 0 saturated carbocycles. The number of para-hydroxylation sites is 1. The van der Waals surface area contributed by atoms with E-state index in [9.17, 15) is 9.59 Å². The second-order valence-electron chi connectivity index (χ2n) is 5.69. The van der Waals surface area contributed by atoms with Crippen molar-refractivity contribution in [2.75, 3.05) is 23.1 Å². The van der Waals surface area contributed by atoms with Crippen LogP contribution in [0, 0.1) is 0 Å². The number of carbonyl (C=O) groups is 2. The minimum Gasteiger partial charge on any atom is -0.465 e. The summed E-state index contributed by atoms with van der Waals surface area (Å²) in [5, 5.41) is 8.88. The number of hydrogen-bond acceptors (Lipinski definition) is 5. The van der Waals surface area contributed by atoms with Crippen molar-refractivity contribution in [3.8, 4) is 0 Å². The van der Waals surface area contributed by atoms with Crippen molar-refractivity contribution in [2.24, 2.45) is 0 Å². The lowest BCUT2D eigenvalue weighted by Gasteiger charge is -2.11. The van der Waals surface area contributed by atoms with Gasteiger partial charge in [-0.1, -0.05) is 29.8 Å². The molecule has 3 N–H and O–H groups in total. The van der Waals surface area contributed by atoms with Gasteiger partial charge in [0.1, 0.15) is 5.82 Å². The Morgan fingerprint density at radius 1 is 0.964 bits per heavy atom. The molecular formula is C20H17ClN4O3. The molecule has 0 radical (unpaired) electrons. The van der Waals surface area contributed by atoms with E-state index in [0.717, 1.165) is 0 Å². The number of rotatable bonds is 5. The maximum atomic E-state index is 12.0. The zero-order valence-electron chi connectivity index (χ0n) is 14.9. The number of ether oxygens (including phenoxy) is 1. The normalized spacial score (nSPS) is 10.1. The Hall–Kier alpha value is -3.58. The topological polar surface area (TPSA) is 92.4 Å². The van der Waals surface area contributed by atoms with Crippen LogP contribution in [0.25, 0.3) is 0 Å². The van der Waals surface area contributed by atoms with Crippen molar-refractivity contribution in [1.29, 1.82) is 0 Å². The number of amides is 2. The maximum Gasteiger partial charge on any atom is 0.337 e. The van der Waals surface area contributed by atoms with Gasteiger partial charge in [0.25, 0.3) is 0 Å². The predicted octanol–water partition coefficient (Wildman–Crippen LogP) is 4.91. The zero-order valence-corrected chi connectivity index (χ0v) is 15.7. The van der Waals surface area contributed by atoms with Crippen LogP contribution in [-0.4, -0.2) is 24.1 Å². The van der Waals surface area contributed by atoms with Crippen LogP contribution in [0.4, 0.5) is 27.7 Å². The quantitative estimate of drug-likeness (QED) is 0.533. The van der Waals surface area contributed by atoms with E-state index in [-0.39, 0.29) is 6.03 Å². The second kappa shape index (κ2) is 8.88. The average Bonchev–Trinajstić information content (AvgIpc) is 2.71. The van der Waals surface area contributed by atoms with E-state index in [1.165, 1.54) is 13.3 Å². The van der Waals surface area contributed by atoms with E-state index in [1.807, 2.05) is 18.2 Å². The van der Waals surface area contributed by atoms with E-state index in [0.29, 0.717) is 33.5 Å². The van der Waals surface area contributed by atoms with Crippen molar-refractivity contribution in [2.45, 2.75) is 0 Å². The molecule has 3 rings (SSSR count). The summed E-state index contributed by atoms with van der Waals surface area (Å²) in [7, 11) is 1.31. The Bertz CT molecular complexity index is 979. The Morgan fingerprint density at radius 2 is 1.71 bits per heavy atom. The third kappa shape index (κ3) is 4.99. The molecule has 2 aromatic carbocycles. The summed E-state index contributed by atoms with van der Waals surface area (Å²) in [6, 6.07) is 16.9. The van der Waals surface area contributed by atoms with Crippen molar-refractivity contribution in [3.63, 3.8) is 0 Å². The first-order valence-corrected chi connectivity index (χ1v) is 8.67. The van der Waals surface area contributed by atoms with E-state index < -0.39 is 5.97 Å². The zero-order chi connectivity index (χ0) is 19.9. The Labute approximate surface area is 166 Å². The highest BCUT2D eigenvalue weighted by atomic mass is 35.5. The number of nitrogens with zero attached hydrogens (tertiary/aromatic N) is 1. The number of methoxy groups -OCH3 is 1. The van der Waals surface area contributed by atoms with Gasteiger partial charge in [-0.15, -0.1) is 0 Å². The second-order valence-corrected chi connectivity index (χ2v) is 6.10. The summed E-state index contributed by atoms with van der Waals surface area (Å²) in [5.74, 6) is 0.0367. The number of carbonyl (C=O) groups excluding carboxylic acids is 2. The molecule has 142 valence electrons. The van der Waals surface area contributed by atoms with Gasteiger partial charge >= 0.3 is 12.0 Å². The van der Waals surface area contributed by atoms with Crippen LogP contribution in [0.1, 0.15) is 10.4 Å². The third-order valence-corrected chi connectivity index (χ3v) is 4.03. The van der Waals surface area contributed by atoms with Gasteiger partial charge in [0.05, 0.1) is 35.3 Å². The molecule has 0 bridgehead atoms. The van der Waals surface area contributed by atoms with E-state index >= 15 is 0 Å². The van der Waals surface area contributed by atoms with Gasteiger partial charge in [-0.25, -0.2) is 14.6 Å². The molecule has 0 fully saturated rings. The highest BCUT2D eigenvalue weighted by molar-refractivity contribution is 6.33. The molecule has 1 aromatic heterocycles. The largest absolute Gasteiger partial charge is 0.465 e. The minimum absolute atomic E-state index is 0.366. The lowest BCUT2D eigenvalue weighted by atomic mass is 10.2. The number of benzene rings is 2. The van der Waals surface area contributed by atoms with E-state index in [2.05, 4.69) is 20.9 Å². The number of aromatic nitrogens is 1. The van der Waals surface area contributed by atoms with E-state index in [4.69, 9.17) is 16.3 Å². The molecule has 0 aliphatic heterocycles. The first-order valence-electron chi connectivity index (χ1n) is 8.29. The molecular weight excluding hydrogens is 380 g/mol. The number of anilines is 4. The molecule has 7 nitrogen and oxygen atoms in total. The van der Waals surface area contributed by atoms with Gasteiger partial charge in [0, 0.05) is 5.69 Å². The van der Waals surface area contributed by atoms with Crippen LogP contribution in [0.3, 0.4) is 0 Å². The third-order valence-electron chi connectivity index (χ3n) is 3.70. The van der Waals surface area contributed by atoms with Crippen LogP contribution in [0.2, 0.25) is 5.02 Å². The first kappa shape index (κ1) is 19.2. The summed E-state index contributed by atoms with van der Waals surface area (Å²) in [6.45, 7) is 0. The van der Waals surface area contributed by atoms with Crippen LogP contribution < -0.4 is 16.0 Å². The molecule has 0 aliphatic rings. The van der Waals surface area contributed by atoms with Crippen molar-refractivity contribution in [1.82, 2.24) is 4.98 Å². The molecule has 3 aromatic rings. The van der Waals surface area contributed by atoms with Gasteiger partial charge in [0.2, 0.25) is 0 Å². The molecule has 0 saturated heterocycles. The van der Waals surface area contributed by atoms with Crippen LogP contribution in [-0.2, 0) is 4.74 Å². The summed E-state index contributed by atoms with van der Waals surface area (Å²) in [4.78, 5) is 27.9. The lowest BCUT2D eigenvalue weighted by molar-refractivity contribution is 0.0601. The summed E-state index contributed by atoms with van der Waals surface area (Å²) in [6.07, 6.45) is 1.50. The molecule has 1 heterocycles. The number of urea groups is 1. The fourth-order valence-corrected chi connectivity index (χ4v) is 2.53. The fraction of sp³-hybridized carbons (Fsp3) is 0.0500. The molecule has 0 spiro atoms. The minimum atomic E-state index is -0.461. The SMILES string of the molecule is COC(=O)c1ccc(Cl)c(Nc2ccc(NC(=O)Nc3ccccc3)cn2)c1. The maximum absolute atomic E-state index is 12.0. The predicted molar refractivity (Wildman–Crippen MR) is 109 cm³/mol. The smallest absolute Gasteiger partial charge is 0.337 e. The van der Waals surface area contributed by atoms with Crippen molar-refractivity contribution < 1.29 is 14.3 Å². The number of pyridine rings is 1. The molecule has 0 unspecified atom stereocenters. The molecule has 0 aliphatic carbocycles. The number of esters is 1. The van der Waals surface area contributed by atoms with Crippen molar-refractivity contribution in [3.05, 3.63) is 77.4 Å². The number of hydrogen-bond donors (Lipinski definition) is 3. The van der Waals surface area contributed by atoms with Crippen LogP contribution in [0.15, 0.2) is 66.9 Å². The average molecular weight is 397 g/mol. The van der Waals surface area contributed by atoms with Crippen LogP contribution in [0.5, 0.6) is 0 Å².